The molecule has 0 saturated heterocycles. The van der Waals surface area contributed by atoms with Crippen LogP contribution in [0.5, 0.6) is 5.75 Å². The van der Waals surface area contributed by atoms with Gasteiger partial charge in [0.1, 0.15) is 5.75 Å². The molecule has 0 N–H and O–H groups in total. The zero-order valence-electron chi connectivity index (χ0n) is 14.4. The number of non-ortho nitro benzene ring substituents is 1. The first-order chi connectivity index (χ1) is 13.0. The van der Waals surface area contributed by atoms with Crippen molar-refractivity contribution in [2.45, 2.75) is 13.3 Å². The molecule has 0 aliphatic rings. The Labute approximate surface area is 154 Å². The number of esters is 1. The van der Waals surface area contributed by atoms with Gasteiger partial charge in [-0.05, 0) is 36.4 Å². The minimum atomic E-state index is -0.672. The Morgan fingerprint density at radius 2 is 1.89 bits per heavy atom. The molecule has 0 aliphatic carbocycles. The second-order valence-electron chi connectivity index (χ2n) is 5.61. The number of benzene rings is 2. The summed E-state index contributed by atoms with van der Waals surface area (Å²) in [5.41, 5.74) is 0.974. The third-order valence-electron chi connectivity index (χ3n) is 3.81. The Balaban J connectivity index is 1.74. The standard InChI is InChI=1S/C19H15N3O5/c1-2-18(23)13-6-8-16(9-7-13)27-19(24)17-10-11-21(20-17)14-4-3-5-15(12-14)22(25)26/h3-12H,2H2,1H3. The van der Waals surface area contributed by atoms with Crippen LogP contribution >= 0.6 is 0 Å². The van der Waals surface area contributed by atoms with E-state index < -0.39 is 10.9 Å². The predicted octanol–water partition coefficient (Wildman–Crippen LogP) is 3.59. The summed E-state index contributed by atoms with van der Waals surface area (Å²) in [6, 6.07) is 13.6. The van der Waals surface area contributed by atoms with Crippen molar-refractivity contribution in [3.63, 3.8) is 0 Å². The van der Waals surface area contributed by atoms with Crippen LogP contribution in [-0.4, -0.2) is 26.5 Å². The Kier molecular flexibility index (Phi) is 5.07. The summed E-state index contributed by atoms with van der Waals surface area (Å²) in [5, 5.41) is 15.0. The largest absolute Gasteiger partial charge is 0.422 e. The molecule has 0 amide bonds. The molecule has 3 aromatic rings. The number of Topliss-reactive ketones (excluding diaryl/α,β-unsaturated/α-hetero) is 1. The minimum absolute atomic E-state index is 0.00331. The van der Waals surface area contributed by atoms with E-state index in [0.29, 0.717) is 17.7 Å². The molecule has 0 fully saturated rings. The van der Waals surface area contributed by atoms with Gasteiger partial charge in [-0.15, -0.1) is 0 Å². The average molecular weight is 365 g/mol. The number of nitro groups is 1. The van der Waals surface area contributed by atoms with E-state index in [9.17, 15) is 19.7 Å². The molecular formula is C19H15N3O5. The molecule has 2 aromatic carbocycles. The summed E-state index contributed by atoms with van der Waals surface area (Å²) in [7, 11) is 0. The number of hydrogen-bond donors (Lipinski definition) is 0. The third kappa shape index (κ3) is 4.06. The van der Waals surface area contributed by atoms with Gasteiger partial charge in [-0.3, -0.25) is 14.9 Å². The normalized spacial score (nSPS) is 10.4. The van der Waals surface area contributed by atoms with E-state index >= 15 is 0 Å². The first-order valence-electron chi connectivity index (χ1n) is 8.14. The second kappa shape index (κ2) is 7.61. The fourth-order valence-electron chi connectivity index (χ4n) is 2.40. The number of carbonyl (C=O) groups excluding carboxylic acids is 2. The number of aromatic nitrogens is 2. The van der Waals surface area contributed by atoms with Gasteiger partial charge >= 0.3 is 5.97 Å². The summed E-state index contributed by atoms with van der Waals surface area (Å²) in [6.07, 6.45) is 1.91. The molecule has 0 radical (unpaired) electrons. The summed E-state index contributed by atoms with van der Waals surface area (Å²) in [4.78, 5) is 34.2. The third-order valence-corrected chi connectivity index (χ3v) is 3.81. The molecule has 8 nitrogen and oxygen atoms in total. The summed E-state index contributed by atoms with van der Waals surface area (Å²) >= 11 is 0. The van der Waals surface area contributed by atoms with E-state index in [2.05, 4.69) is 5.10 Å². The van der Waals surface area contributed by atoms with Crippen molar-refractivity contribution in [3.05, 3.63) is 82.2 Å². The van der Waals surface area contributed by atoms with Crippen LogP contribution < -0.4 is 4.74 Å². The van der Waals surface area contributed by atoms with Crippen LogP contribution in [-0.2, 0) is 0 Å². The molecule has 136 valence electrons. The Morgan fingerprint density at radius 3 is 2.56 bits per heavy atom. The molecule has 8 heteroatoms. The number of ether oxygens (including phenoxy) is 1. The average Bonchev–Trinajstić information content (AvgIpc) is 3.18. The molecule has 1 aromatic heterocycles. The van der Waals surface area contributed by atoms with Crippen molar-refractivity contribution in [3.8, 4) is 11.4 Å². The highest BCUT2D eigenvalue weighted by Gasteiger charge is 2.14. The molecule has 0 unspecified atom stereocenters. The molecule has 0 saturated carbocycles. The van der Waals surface area contributed by atoms with Crippen molar-refractivity contribution in [1.29, 1.82) is 0 Å². The van der Waals surface area contributed by atoms with Crippen LogP contribution in [0.25, 0.3) is 5.69 Å². The van der Waals surface area contributed by atoms with E-state index in [0.717, 1.165) is 0 Å². The van der Waals surface area contributed by atoms with Gasteiger partial charge in [0.25, 0.3) is 5.69 Å². The lowest BCUT2D eigenvalue weighted by Crippen LogP contribution is -2.10. The van der Waals surface area contributed by atoms with Gasteiger partial charge in [-0.25, -0.2) is 9.48 Å². The second-order valence-corrected chi connectivity index (χ2v) is 5.61. The molecule has 0 aliphatic heterocycles. The maximum absolute atomic E-state index is 12.2. The smallest absolute Gasteiger partial charge is 0.364 e. The highest BCUT2D eigenvalue weighted by atomic mass is 16.6. The number of ketones is 1. The molecular weight excluding hydrogens is 350 g/mol. The Morgan fingerprint density at radius 1 is 1.15 bits per heavy atom. The van der Waals surface area contributed by atoms with Crippen LogP contribution in [0.3, 0.4) is 0 Å². The quantitative estimate of drug-likeness (QED) is 0.217. The number of carbonyl (C=O) groups is 2. The van der Waals surface area contributed by atoms with Crippen LogP contribution in [0.15, 0.2) is 60.8 Å². The summed E-state index contributed by atoms with van der Waals surface area (Å²) in [5.74, 6) is -0.380. The zero-order chi connectivity index (χ0) is 19.4. The number of nitro benzene ring substituents is 1. The van der Waals surface area contributed by atoms with Crippen LogP contribution in [0, 0.1) is 10.1 Å². The lowest BCUT2D eigenvalue weighted by molar-refractivity contribution is -0.384. The van der Waals surface area contributed by atoms with Crippen molar-refractivity contribution in [2.24, 2.45) is 0 Å². The molecule has 0 spiro atoms. The van der Waals surface area contributed by atoms with E-state index in [1.165, 1.54) is 35.1 Å². The lowest BCUT2D eigenvalue weighted by Gasteiger charge is -2.04. The van der Waals surface area contributed by atoms with Gasteiger partial charge < -0.3 is 4.74 Å². The van der Waals surface area contributed by atoms with Crippen molar-refractivity contribution >= 4 is 17.4 Å². The molecule has 3 rings (SSSR count). The van der Waals surface area contributed by atoms with Crippen LogP contribution in [0.1, 0.15) is 34.2 Å². The maximum atomic E-state index is 12.2. The van der Waals surface area contributed by atoms with E-state index in [4.69, 9.17) is 4.74 Å². The highest BCUT2D eigenvalue weighted by molar-refractivity contribution is 5.96. The number of nitrogens with zero attached hydrogens (tertiary/aromatic N) is 3. The Bertz CT molecular complexity index is 1010. The van der Waals surface area contributed by atoms with Crippen molar-refractivity contribution < 1.29 is 19.2 Å². The molecule has 0 atom stereocenters. The topological polar surface area (TPSA) is 104 Å². The fraction of sp³-hybridized carbons (Fsp3) is 0.105. The first-order valence-corrected chi connectivity index (χ1v) is 8.14. The van der Waals surface area contributed by atoms with Gasteiger partial charge in [-0.1, -0.05) is 13.0 Å². The van der Waals surface area contributed by atoms with Gasteiger partial charge in [0.2, 0.25) is 0 Å². The summed E-state index contributed by atoms with van der Waals surface area (Å²) in [6.45, 7) is 1.77. The van der Waals surface area contributed by atoms with Crippen LogP contribution in [0.2, 0.25) is 0 Å². The predicted molar refractivity (Wildman–Crippen MR) is 96.2 cm³/mol. The van der Waals surface area contributed by atoms with E-state index in [-0.39, 0.29) is 22.9 Å². The van der Waals surface area contributed by atoms with E-state index in [1.807, 2.05) is 0 Å². The van der Waals surface area contributed by atoms with E-state index in [1.54, 1.807) is 37.3 Å². The SMILES string of the molecule is CCC(=O)c1ccc(OC(=O)c2ccn(-c3cccc([N+](=O)[O-])c3)n2)cc1. The lowest BCUT2D eigenvalue weighted by atomic mass is 10.1. The maximum Gasteiger partial charge on any atom is 0.364 e. The van der Waals surface area contributed by atoms with Gasteiger partial charge in [0, 0.05) is 30.3 Å². The number of rotatable bonds is 6. The molecule has 1 heterocycles. The highest BCUT2D eigenvalue weighted by Crippen LogP contribution is 2.18. The van der Waals surface area contributed by atoms with Gasteiger partial charge in [0.05, 0.1) is 10.6 Å². The molecule has 0 bridgehead atoms. The van der Waals surface area contributed by atoms with Gasteiger partial charge in [0.15, 0.2) is 11.5 Å². The first kappa shape index (κ1) is 18.0. The van der Waals surface area contributed by atoms with Crippen LogP contribution in [0.4, 0.5) is 5.69 Å². The number of hydrogen-bond acceptors (Lipinski definition) is 6. The summed E-state index contributed by atoms with van der Waals surface area (Å²) < 4.78 is 6.60. The zero-order valence-corrected chi connectivity index (χ0v) is 14.4. The van der Waals surface area contributed by atoms with Gasteiger partial charge in [-0.2, -0.15) is 5.10 Å². The van der Waals surface area contributed by atoms with Crippen molar-refractivity contribution in [1.82, 2.24) is 9.78 Å². The minimum Gasteiger partial charge on any atom is -0.422 e. The monoisotopic (exact) mass is 365 g/mol. The van der Waals surface area contributed by atoms with Crippen molar-refractivity contribution in [2.75, 3.05) is 0 Å². The fourth-order valence-corrected chi connectivity index (χ4v) is 2.40. The Hall–Kier alpha value is -3.81. The molecule has 27 heavy (non-hydrogen) atoms.